The summed E-state index contributed by atoms with van der Waals surface area (Å²) in [5.74, 6) is -0.679. The Morgan fingerprint density at radius 3 is 2.73 bits per heavy atom. The van der Waals surface area contributed by atoms with Crippen molar-refractivity contribution in [2.45, 2.75) is 102 Å². The fourth-order valence-electron chi connectivity index (χ4n) is 11.5. The van der Waals surface area contributed by atoms with Gasteiger partial charge in [0.05, 0.1) is 24.0 Å². The maximum atomic E-state index is 14.4. The van der Waals surface area contributed by atoms with Gasteiger partial charge in [-0.05, 0) is 44.1 Å². The van der Waals surface area contributed by atoms with Crippen molar-refractivity contribution >= 4 is 11.9 Å². The average molecular weight is 509 g/mol. The number of carbonyl (C=O) groups is 2. The quantitative estimate of drug-likeness (QED) is 0.279. The second-order valence-electron chi connectivity index (χ2n) is 14.3. The standard InChI is InChI=1S/C30H36O7/c1-15-11-19-21(16(2)23(31)34-19)22-30(36-22)25(3)9-10-29(15,30)28(13-25)18-6-5-17-7-8-26(4)33-14-27(17,37-26)12-20(18)35-24(28)32/h5,9-10,15-16,18-22H,6-8,11-14H2,1-4H3/t15-,16+,18-,19+,20+,21+,22+,25-,26+,27+,28+,29-,30-/m0/s1. The number of allylic oxidation sites excluding steroid dienone is 1. The fraction of sp³-hybridized carbons (Fsp3) is 0.800. The van der Waals surface area contributed by atoms with Gasteiger partial charge < -0.3 is 23.7 Å². The van der Waals surface area contributed by atoms with Crippen molar-refractivity contribution in [2.24, 2.45) is 39.9 Å². The van der Waals surface area contributed by atoms with Crippen LogP contribution in [0.4, 0.5) is 0 Å². The lowest BCUT2D eigenvalue weighted by atomic mass is 9.51. The summed E-state index contributed by atoms with van der Waals surface area (Å²) in [6, 6.07) is 0. The van der Waals surface area contributed by atoms with Crippen LogP contribution >= 0.6 is 0 Å². The van der Waals surface area contributed by atoms with E-state index in [1.54, 1.807) is 0 Å². The smallest absolute Gasteiger partial charge is 0.313 e. The molecular weight excluding hydrogens is 472 g/mol. The summed E-state index contributed by atoms with van der Waals surface area (Å²) >= 11 is 0. The van der Waals surface area contributed by atoms with Gasteiger partial charge in [-0.3, -0.25) is 9.59 Å². The molecule has 4 bridgehead atoms. The number of carbonyl (C=O) groups excluding carboxylic acids is 2. The van der Waals surface area contributed by atoms with Crippen molar-refractivity contribution in [3.63, 3.8) is 0 Å². The summed E-state index contributed by atoms with van der Waals surface area (Å²) in [4.78, 5) is 27.0. The van der Waals surface area contributed by atoms with E-state index in [9.17, 15) is 9.59 Å². The zero-order valence-electron chi connectivity index (χ0n) is 22.1. The molecular formula is C30H36O7. The van der Waals surface area contributed by atoms with Crippen LogP contribution in [0, 0.1) is 39.9 Å². The average Bonchev–Trinajstić information content (AvgIpc) is 3.26. The molecule has 0 aromatic heterocycles. The number of ether oxygens (including phenoxy) is 5. The molecule has 37 heavy (non-hydrogen) atoms. The number of hydrogen-bond donors (Lipinski definition) is 0. The van der Waals surface area contributed by atoms with E-state index in [0.717, 1.165) is 32.1 Å². The van der Waals surface area contributed by atoms with E-state index < -0.39 is 27.8 Å². The first-order valence-electron chi connectivity index (χ1n) is 14.4. The Labute approximate surface area is 217 Å². The molecule has 0 N–H and O–H groups in total. The second-order valence-corrected chi connectivity index (χ2v) is 14.3. The molecule has 0 aromatic carbocycles. The lowest BCUT2D eigenvalue weighted by molar-refractivity contribution is -0.190. The van der Waals surface area contributed by atoms with E-state index in [1.807, 2.05) is 13.8 Å². The molecule has 4 aliphatic carbocycles. The van der Waals surface area contributed by atoms with Gasteiger partial charge in [0.25, 0.3) is 0 Å². The lowest BCUT2D eigenvalue weighted by Gasteiger charge is -2.48. The summed E-state index contributed by atoms with van der Waals surface area (Å²) in [6.07, 6.45) is 11.4. The Bertz CT molecular complexity index is 1240. The van der Waals surface area contributed by atoms with Crippen LogP contribution in [-0.2, 0) is 33.3 Å². The molecule has 7 heteroatoms. The molecule has 9 rings (SSSR count). The fourth-order valence-corrected chi connectivity index (χ4v) is 11.5. The second kappa shape index (κ2) is 6.05. The monoisotopic (exact) mass is 508 g/mol. The SMILES string of the molecule is C[C@H]1C(=O)O[C@@H]2C[C@H](C)[C@@]34C=C[C@@](C)(C[C@@]35C(=O)O[C@@H]3C[C@@]67CO[C@@](C)(CCC6=CC[C@@H]35)O7)[C@]43O[C@@H]3[C@@H]21. The van der Waals surface area contributed by atoms with Gasteiger partial charge in [-0.2, -0.15) is 0 Å². The molecule has 5 heterocycles. The summed E-state index contributed by atoms with van der Waals surface area (Å²) < 4.78 is 32.1. The van der Waals surface area contributed by atoms with Crippen molar-refractivity contribution in [3.8, 4) is 0 Å². The van der Waals surface area contributed by atoms with Gasteiger partial charge >= 0.3 is 11.9 Å². The highest BCUT2D eigenvalue weighted by atomic mass is 16.8. The van der Waals surface area contributed by atoms with Gasteiger partial charge in [0.2, 0.25) is 0 Å². The third kappa shape index (κ3) is 2.04. The van der Waals surface area contributed by atoms with E-state index in [-0.39, 0.29) is 59.3 Å². The van der Waals surface area contributed by atoms with Crippen molar-refractivity contribution in [1.29, 1.82) is 0 Å². The van der Waals surface area contributed by atoms with Crippen LogP contribution < -0.4 is 0 Å². The molecule has 5 aliphatic heterocycles. The molecule has 2 saturated carbocycles. The molecule has 9 aliphatic rings. The maximum Gasteiger partial charge on any atom is 0.313 e. The molecule has 0 radical (unpaired) electrons. The molecule has 7 nitrogen and oxygen atoms in total. The van der Waals surface area contributed by atoms with Gasteiger partial charge in [-0.25, -0.2) is 0 Å². The highest BCUT2D eigenvalue weighted by Gasteiger charge is 2.94. The highest BCUT2D eigenvalue weighted by molar-refractivity contribution is 5.85. The van der Waals surface area contributed by atoms with Gasteiger partial charge in [0, 0.05) is 35.5 Å². The first-order valence-corrected chi connectivity index (χ1v) is 14.4. The minimum absolute atomic E-state index is 0.0409. The van der Waals surface area contributed by atoms with Crippen LogP contribution in [0.1, 0.15) is 66.2 Å². The first-order chi connectivity index (χ1) is 17.5. The summed E-state index contributed by atoms with van der Waals surface area (Å²) in [5.41, 5.74) is -1.06. The molecule has 0 unspecified atom stereocenters. The van der Waals surface area contributed by atoms with Crippen LogP contribution in [0.15, 0.2) is 23.8 Å². The molecule has 3 spiro atoms. The van der Waals surface area contributed by atoms with Crippen molar-refractivity contribution in [3.05, 3.63) is 23.8 Å². The van der Waals surface area contributed by atoms with Crippen LogP contribution in [-0.4, -0.2) is 53.8 Å². The molecule has 0 amide bonds. The number of esters is 2. The Morgan fingerprint density at radius 1 is 1.05 bits per heavy atom. The van der Waals surface area contributed by atoms with Crippen LogP contribution in [0.2, 0.25) is 0 Å². The van der Waals surface area contributed by atoms with E-state index in [0.29, 0.717) is 13.0 Å². The minimum Gasteiger partial charge on any atom is -0.462 e. The Morgan fingerprint density at radius 2 is 1.89 bits per heavy atom. The Kier molecular flexibility index (Phi) is 3.62. The zero-order chi connectivity index (χ0) is 25.4. The van der Waals surface area contributed by atoms with Crippen LogP contribution in [0.3, 0.4) is 0 Å². The molecule has 7 fully saturated rings. The largest absolute Gasteiger partial charge is 0.462 e. The van der Waals surface area contributed by atoms with Crippen LogP contribution in [0.25, 0.3) is 0 Å². The number of fused-ring (bicyclic) bond motifs is 5. The van der Waals surface area contributed by atoms with Gasteiger partial charge in [-0.1, -0.05) is 39.0 Å². The third-order valence-corrected chi connectivity index (χ3v) is 12.9. The normalized spacial score (nSPS) is 63.6. The topological polar surface area (TPSA) is 83.6 Å². The highest BCUT2D eigenvalue weighted by Crippen LogP contribution is 2.87. The van der Waals surface area contributed by atoms with Crippen molar-refractivity contribution in [2.75, 3.05) is 6.61 Å². The van der Waals surface area contributed by atoms with E-state index in [1.165, 1.54) is 5.57 Å². The first kappa shape index (κ1) is 22.2. The lowest BCUT2D eigenvalue weighted by Crippen LogP contribution is -2.54. The summed E-state index contributed by atoms with van der Waals surface area (Å²) in [6.45, 7) is 9.10. The summed E-state index contributed by atoms with van der Waals surface area (Å²) in [7, 11) is 0. The third-order valence-electron chi connectivity index (χ3n) is 12.9. The van der Waals surface area contributed by atoms with Gasteiger partial charge in [-0.15, -0.1) is 0 Å². The zero-order valence-corrected chi connectivity index (χ0v) is 22.1. The van der Waals surface area contributed by atoms with Gasteiger partial charge in [0.15, 0.2) is 5.79 Å². The molecule has 13 atom stereocenters. The Hall–Kier alpha value is -1.70. The molecule has 0 aromatic rings. The van der Waals surface area contributed by atoms with Crippen molar-refractivity contribution in [1.82, 2.24) is 0 Å². The maximum absolute atomic E-state index is 14.4. The van der Waals surface area contributed by atoms with Crippen molar-refractivity contribution < 1.29 is 33.3 Å². The summed E-state index contributed by atoms with van der Waals surface area (Å²) in [5, 5.41) is 0. The molecule has 5 saturated heterocycles. The van der Waals surface area contributed by atoms with E-state index >= 15 is 0 Å². The number of epoxide rings is 1. The van der Waals surface area contributed by atoms with Gasteiger partial charge in [0.1, 0.15) is 23.4 Å². The van der Waals surface area contributed by atoms with Crippen LogP contribution in [0.5, 0.6) is 0 Å². The number of hydrogen-bond acceptors (Lipinski definition) is 7. The Balaban J connectivity index is 1.19. The predicted molar refractivity (Wildman–Crippen MR) is 129 cm³/mol. The molecule has 198 valence electrons. The van der Waals surface area contributed by atoms with E-state index in [2.05, 4.69) is 32.1 Å². The van der Waals surface area contributed by atoms with E-state index in [4.69, 9.17) is 23.7 Å². The minimum atomic E-state index is -0.662. The predicted octanol–water partition coefficient (Wildman–Crippen LogP) is 3.85. The number of rotatable bonds is 0.